The van der Waals surface area contributed by atoms with Gasteiger partial charge in [0.25, 0.3) is 5.91 Å². The van der Waals surface area contributed by atoms with Crippen molar-refractivity contribution in [3.05, 3.63) is 41.7 Å². The van der Waals surface area contributed by atoms with E-state index in [1.54, 1.807) is 20.0 Å². The van der Waals surface area contributed by atoms with Gasteiger partial charge in [0.1, 0.15) is 5.54 Å². The van der Waals surface area contributed by atoms with E-state index in [4.69, 9.17) is 0 Å². The molecule has 1 atom stereocenters. The maximum atomic E-state index is 12.4. The van der Waals surface area contributed by atoms with Crippen LogP contribution in [0.5, 0.6) is 0 Å². The molecule has 3 rings (SSSR count). The predicted octanol–water partition coefficient (Wildman–Crippen LogP) is 2.33. The highest BCUT2D eigenvalue weighted by molar-refractivity contribution is 7.99. The largest absolute Gasteiger partial charge is 0.344 e. The number of urea groups is 1. The first-order valence-electron chi connectivity index (χ1n) is 8.95. The molecule has 0 aliphatic carbocycles. The van der Waals surface area contributed by atoms with Gasteiger partial charge in [-0.2, -0.15) is 5.01 Å². The van der Waals surface area contributed by atoms with Crippen LogP contribution in [0.2, 0.25) is 0 Å². The van der Waals surface area contributed by atoms with Crippen LogP contribution >= 0.6 is 11.8 Å². The van der Waals surface area contributed by atoms with Crippen LogP contribution in [0, 0.1) is 13.8 Å². The Bertz CT molecular complexity index is 941. The van der Waals surface area contributed by atoms with Crippen LogP contribution in [-0.2, 0) is 9.59 Å². The average Bonchev–Trinajstić information content (AvgIpc) is 3.21. The standard InChI is InChI=1S/C19H23N5O3S/c1-5-19(4)16(26)24(17(27)21-19)22-15(25)11-28-18-20-8-9-23(18)14-10-12(2)6-7-13(14)3/h6-10H,5,11H2,1-4H3,(H,21,27)(H,22,25). The number of nitrogens with zero attached hydrogens (tertiary/aromatic N) is 3. The molecule has 2 N–H and O–H groups in total. The molecule has 2 aromatic rings. The highest BCUT2D eigenvalue weighted by Gasteiger charge is 2.47. The van der Waals surface area contributed by atoms with Gasteiger partial charge in [0.05, 0.1) is 11.4 Å². The minimum Gasteiger partial charge on any atom is -0.322 e. The van der Waals surface area contributed by atoms with Crippen LogP contribution in [0.1, 0.15) is 31.4 Å². The molecule has 148 valence electrons. The Balaban J connectivity index is 1.67. The summed E-state index contributed by atoms with van der Waals surface area (Å²) in [6, 6.07) is 5.51. The molecule has 8 nitrogen and oxygen atoms in total. The summed E-state index contributed by atoms with van der Waals surface area (Å²) in [5, 5.41) is 4.00. The third kappa shape index (κ3) is 3.75. The summed E-state index contributed by atoms with van der Waals surface area (Å²) in [4.78, 5) is 41.0. The summed E-state index contributed by atoms with van der Waals surface area (Å²) < 4.78 is 1.92. The Hall–Kier alpha value is -2.81. The van der Waals surface area contributed by atoms with Gasteiger partial charge in [0.15, 0.2) is 5.16 Å². The first kappa shape index (κ1) is 19.9. The molecular formula is C19H23N5O3S. The number of imidazole rings is 1. The lowest BCUT2D eigenvalue weighted by Gasteiger charge is -2.19. The van der Waals surface area contributed by atoms with Crippen molar-refractivity contribution in [1.29, 1.82) is 0 Å². The number of aromatic nitrogens is 2. The van der Waals surface area contributed by atoms with Crippen molar-refractivity contribution in [2.45, 2.75) is 44.8 Å². The van der Waals surface area contributed by atoms with E-state index >= 15 is 0 Å². The van der Waals surface area contributed by atoms with Gasteiger partial charge in [-0.3, -0.25) is 19.6 Å². The quantitative estimate of drug-likeness (QED) is 0.572. The van der Waals surface area contributed by atoms with Crippen molar-refractivity contribution in [2.75, 3.05) is 5.75 Å². The fourth-order valence-electron chi connectivity index (χ4n) is 2.87. The number of imide groups is 1. The number of nitrogens with one attached hydrogen (secondary N) is 2. The van der Waals surface area contributed by atoms with Crippen LogP contribution in [0.3, 0.4) is 0 Å². The second-order valence-corrected chi connectivity index (χ2v) is 7.89. The summed E-state index contributed by atoms with van der Waals surface area (Å²) in [5.41, 5.74) is 4.61. The maximum Gasteiger partial charge on any atom is 0.344 e. The third-order valence-electron chi connectivity index (χ3n) is 4.77. The third-order valence-corrected chi connectivity index (χ3v) is 5.73. The van der Waals surface area contributed by atoms with E-state index in [-0.39, 0.29) is 5.75 Å². The van der Waals surface area contributed by atoms with Crippen LogP contribution < -0.4 is 10.7 Å². The molecule has 0 spiro atoms. The number of carbonyl (C=O) groups is 3. The molecular weight excluding hydrogens is 378 g/mol. The summed E-state index contributed by atoms with van der Waals surface area (Å²) in [6.07, 6.45) is 3.95. The van der Waals surface area contributed by atoms with Gasteiger partial charge in [0, 0.05) is 12.4 Å². The van der Waals surface area contributed by atoms with Gasteiger partial charge in [0.2, 0.25) is 5.91 Å². The molecule has 0 radical (unpaired) electrons. The van der Waals surface area contributed by atoms with E-state index in [9.17, 15) is 14.4 Å². The van der Waals surface area contributed by atoms with Crippen molar-refractivity contribution in [2.24, 2.45) is 0 Å². The Morgan fingerprint density at radius 3 is 2.75 bits per heavy atom. The van der Waals surface area contributed by atoms with E-state index < -0.39 is 23.4 Å². The van der Waals surface area contributed by atoms with E-state index in [2.05, 4.69) is 21.8 Å². The molecule has 0 saturated carbocycles. The summed E-state index contributed by atoms with van der Waals surface area (Å²) in [5.74, 6) is -0.901. The van der Waals surface area contributed by atoms with Gasteiger partial charge < -0.3 is 5.32 Å². The van der Waals surface area contributed by atoms with Gasteiger partial charge in [-0.1, -0.05) is 30.8 Å². The molecule has 2 heterocycles. The maximum absolute atomic E-state index is 12.4. The topological polar surface area (TPSA) is 96.3 Å². The molecule has 1 saturated heterocycles. The normalized spacial score (nSPS) is 19.1. The number of thioether (sulfide) groups is 1. The summed E-state index contributed by atoms with van der Waals surface area (Å²) in [6.45, 7) is 7.46. The Morgan fingerprint density at radius 2 is 2.07 bits per heavy atom. The van der Waals surface area contributed by atoms with E-state index in [0.717, 1.165) is 21.8 Å². The van der Waals surface area contributed by atoms with Crippen molar-refractivity contribution in [1.82, 2.24) is 25.3 Å². The molecule has 28 heavy (non-hydrogen) atoms. The highest BCUT2D eigenvalue weighted by Crippen LogP contribution is 2.24. The number of hydrogen-bond donors (Lipinski definition) is 2. The summed E-state index contributed by atoms with van der Waals surface area (Å²) >= 11 is 1.23. The lowest BCUT2D eigenvalue weighted by atomic mass is 10.00. The number of hydrazine groups is 1. The van der Waals surface area contributed by atoms with E-state index in [0.29, 0.717) is 11.6 Å². The van der Waals surface area contributed by atoms with Crippen molar-refractivity contribution >= 4 is 29.6 Å². The predicted molar refractivity (Wildman–Crippen MR) is 106 cm³/mol. The first-order chi connectivity index (χ1) is 13.2. The zero-order valence-corrected chi connectivity index (χ0v) is 17.1. The zero-order valence-electron chi connectivity index (χ0n) is 16.3. The van der Waals surface area contributed by atoms with Gasteiger partial charge in [-0.15, -0.1) is 0 Å². The number of amides is 4. The van der Waals surface area contributed by atoms with Crippen molar-refractivity contribution in [3.8, 4) is 5.69 Å². The highest BCUT2D eigenvalue weighted by atomic mass is 32.2. The number of rotatable bonds is 6. The number of benzene rings is 1. The molecule has 1 aliphatic rings. The minimum atomic E-state index is -0.990. The Morgan fingerprint density at radius 1 is 1.32 bits per heavy atom. The van der Waals surface area contributed by atoms with E-state index in [1.165, 1.54) is 11.8 Å². The van der Waals surface area contributed by atoms with Crippen molar-refractivity contribution < 1.29 is 14.4 Å². The van der Waals surface area contributed by atoms with Crippen LogP contribution in [0.4, 0.5) is 4.79 Å². The first-order valence-corrected chi connectivity index (χ1v) is 9.93. The minimum absolute atomic E-state index is 0.0157. The van der Waals surface area contributed by atoms with Crippen LogP contribution in [-0.4, -0.2) is 43.7 Å². The lowest BCUT2D eigenvalue weighted by Crippen LogP contribution is -2.49. The van der Waals surface area contributed by atoms with Crippen molar-refractivity contribution in [3.63, 3.8) is 0 Å². The molecule has 1 fully saturated rings. The van der Waals surface area contributed by atoms with Gasteiger partial charge >= 0.3 is 6.03 Å². The fraction of sp³-hybridized carbons (Fsp3) is 0.368. The average molecular weight is 401 g/mol. The molecule has 4 amide bonds. The fourth-order valence-corrected chi connectivity index (χ4v) is 3.63. The SMILES string of the molecule is CCC1(C)NC(=O)N(NC(=O)CSc2nccn2-c2cc(C)ccc2C)C1=O. The monoisotopic (exact) mass is 401 g/mol. The molecule has 1 unspecified atom stereocenters. The second kappa shape index (κ2) is 7.67. The second-order valence-electron chi connectivity index (χ2n) is 6.95. The molecule has 1 aromatic carbocycles. The number of aryl methyl sites for hydroxylation is 2. The van der Waals surface area contributed by atoms with Crippen LogP contribution in [0.25, 0.3) is 5.69 Å². The van der Waals surface area contributed by atoms with Gasteiger partial charge in [-0.05, 0) is 44.4 Å². The molecule has 0 bridgehead atoms. The van der Waals surface area contributed by atoms with Gasteiger partial charge in [-0.25, -0.2) is 9.78 Å². The lowest BCUT2D eigenvalue weighted by molar-refractivity contribution is -0.137. The van der Waals surface area contributed by atoms with E-state index in [1.807, 2.05) is 36.7 Å². The number of carbonyl (C=O) groups excluding carboxylic acids is 3. The summed E-state index contributed by atoms with van der Waals surface area (Å²) in [7, 11) is 0. The Labute approximate surface area is 167 Å². The molecule has 9 heteroatoms. The number of hydrogen-bond acceptors (Lipinski definition) is 5. The smallest absolute Gasteiger partial charge is 0.322 e. The Kier molecular flexibility index (Phi) is 5.46. The molecule has 1 aromatic heterocycles. The molecule has 1 aliphatic heterocycles. The zero-order chi connectivity index (χ0) is 20.5. The van der Waals surface area contributed by atoms with Crippen LogP contribution in [0.15, 0.2) is 35.7 Å².